The van der Waals surface area contributed by atoms with E-state index in [1.807, 2.05) is 17.9 Å². The Bertz CT molecular complexity index is 1170. The molecule has 5 nitrogen and oxygen atoms in total. The zero-order valence-electron chi connectivity index (χ0n) is 23.0. The molecular weight excluding hydrogens is 478 g/mol. The summed E-state index contributed by atoms with van der Waals surface area (Å²) in [6.07, 6.45) is 10.7. The molecule has 0 unspecified atom stereocenters. The van der Waals surface area contributed by atoms with E-state index in [0.717, 1.165) is 93.3 Å². The molecule has 6 heteroatoms. The van der Waals surface area contributed by atoms with Gasteiger partial charge in [-0.3, -0.25) is 14.2 Å². The van der Waals surface area contributed by atoms with E-state index in [0.29, 0.717) is 17.5 Å². The maximum absolute atomic E-state index is 14.3. The molecule has 1 heterocycles. The first-order chi connectivity index (χ1) is 17.9. The van der Waals surface area contributed by atoms with Crippen molar-refractivity contribution in [2.24, 2.45) is 0 Å². The molecule has 200 valence electrons. The fourth-order valence-electron chi connectivity index (χ4n) is 6.02. The molecule has 1 fully saturated rings. The number of carbonyl (C=O) groups is 1. The second kappa shape index (κ2) is 12.5. The van der Waals surface area contributed by atoms with E-state index in [4.69, 9.17) is 4.98 Å². The molecule has 0 radical (unpaired) electrons. The van der Waals surface area contributed by atoms with Crippen molar-refractivity contribution >= 4 is 17.7 Å². The lowest BCUT2D eigenvalue weighted by molar-refractivity contribution is -0.128. The highest BCUT2D eigenvalue weighted by Crippen LogP contribution is 2.48. The van der Waals surface area contributed by atoms with Crippen LogP contribution in [0.3, 0.4) is 0 Å². The van der Waals surface area contributed by atoms with E-state index in [-0.39, 0.29) is 16.9 Å². The smallest absolute Gasteiger partial charge is 0.258 e. The van der Waals surface area contributed by atoms with Gasteiger partial charge in [0.15, 0.2) is 5.16 Å². The van der Waals surface area contributed by atoms with Gasteiger partial charge in [0, 0.05) is 30.6 Å². The second-order valence-electron chi connectivity index (χ2n) is 11.0. The summed E-state index contributed by atoms with van der Waals surface area (Å²) in [5.41, 5.74) is 4.95. The molecule has 0 bridgehead atoms. The van der Waals surface area contributed by atoms with Gasteiger partial charge in [-0.15, -0.1) is 0 Å². The van der Waals surface area contributed by atoms with Gasteiger partial charge in [0.2, 0.25) is 5.91 Å². The van der Waals surface area contributed by atoms with Crippen LogP contribution < -0.4 is 5.56 Å². The lowest BCUT2D eigenvalue weighted by Gasteiger charge is -2.42. The van der Waals surface area contributed by atoms with Gasteiger partial charge < -0.3 is 4.90 Å². The number of fused-ring (bicyclic) bond motifs is 4. The monoisotopic (exact) mass is 521 g/mol. The predicted molar refractivity (Wildman–Crippen MR) is 154 cm³/mol. The Morgan fingerprint density at radius 1 is 1.11 bits per heavy atom. The van der Waals surface area contributed by atoms with Crippen LogP contribution in [0.1, 0.15) is 89.7 Å². The van der Waals surface area contributed by atoms with Crippen LogP contribution in [0.25, 0.3) is 11.3 Å². The van der Waals surface area contributed by atoms with Gasteiger partial charge in [0.1, 0.15) is 0 Å². The summed E-state index contributed by atoms with van der Waals surface area (Å²) in [4.78, 5) is 34.7. The highest BCUT2D eigenvalue weighted by Gasteiger charge is 2.43. The van der Waals surface area contributed by atoms with Crippen molar-refractivity contribution in [2.45, 2.75) is 102 Å². The summed E-state index contributed by atoms with van der Waals surface area (Å²) >= 11 is 1.41. The van der Waals surface area contributed by atoms with Gasteiger partial charge >= 0.3 is 0 Å². The van der Waals surface area contributed by atoms with Crippen molar-refractivity contribution in [1.29, 1.82) is 0 Å². The van der Waals surface area contributed by atoms with Crippen LogP contribution in [-0.4, -0.2) is 39.2 Å². The molecule has 2 aliphatic rings. The lowest BCUT2D eigenvalue weighted by atomic mass is 9.62. The Kier molecular flexibility index (Phi) is 9.33. The van der Waals surface area contributed by atoms with Crippen molar-refractivity contribution in [3.63, 3.8) is 0 Å². The average Bonchev–Trinajstić information content (AvgIpc) is 2.89. The van der Waals surface area contributed by atoms with E-state index in [1.54, 1.807) is 4.57 Å². The molecule has 1 spiro atoms. The topological polar surface area (TPSA) is 55.2 Å². The predicted octanol–water partition coefficient (Wildman–Crippen LogP) is 6.77. The quantitative estimate of drug-likeness (QED) is 0.186. The number of allylic oxidation sites excluding steroid dienone is 1. The Hall–Kier alpha value is -2.34. The van der Waals surface area contributed by atoms with Crippen molar-refractivity contribution in [1.82, 2.24) is 14.5 Å². The molecule has 2 aliphatic carbocycles. The Balaban J connectivity index is 1.75. The van der Waals surface area contributed by atoms with E-state index < -0.39 is 0 Å². The van der Waals surface area contributed by atoms with Crippen LogP contribution in [0, 0.1) is 0 Å². The van der Waals surface area contributed by atoms with E-state index >= 15 is 0 Å². The summed E-state index contributed by atoms with van der Waals surface area (Å²) in [6.45, 7) is 12.4. The minimum Gasteiger partial charge on any atom is -0.342 e. The molecule has 1 amide bonds. The highest BCUT2D eigenvalue weighted by molar-refractivity contribution is 7.99. The summed E-state index contributed by atoms with van der Waals surface area (Å²) < 4.78 is 1.80. The number of thioether (sulfide) groups is 1. The SMILES string of the molecule is C=C(C)Cn1c(SCC(=O)N(CCCC)CCCC)nc2c(c1=O)C1(CCCCC1)Cc1ccccc1-2. The van der Waals surface area contributed by atoms with Crippen molar-refractivity contribution < 1.29 is 4.79 Å². The normalized spacial score (nSPS) is 15.8. The fraction of sp³-hybridized carbons (Fsp3) is 0.581. The molecule has 0 saturated heterocycles. The van der Waals surface area contributed by atoms with Crippen LogP contribution in [-0.2, 0) is 23.2 Å². The van der Waals surface area contributed by atoms with Crippen molar-refractivity contribution in [2.75, 3.05) is 18.8 Å². The van der Waals surface area contributed by atoms with Gasteiger partial charge in [-0.25, -0.2) is 4.98 Å². The average molecular weight is 522 g/mol. The molecule has 2 aromatic rings. The molecule has 37 heavy (non-hydrogen) atoms. The Morgan fingerprint density at radius 3 is 2.43 bits per heavy atom. The largest absolute Gasteiger partial charge is 0.342 e. The van der Waals surface area contributed by atoms with Gasteiger partial charge in [-0.2, -0.15) is 0 Å². The van der Waals surface area contributed by atoms with Crippen LogP contribution >= 0.6 is 11.8 Å². The number of hydrogen-bond donors (Lipinski definition) is 0. The minimum atomic E-state index is -0.140. The molecule has 0 aliphatic heterocycles. The van der Waals surface area contributed by atoms with Gasteiger partial charge in [0.25, 0.3) is 5.56 Å². The molecule has 1 aromatic carbocycles. The fourth-order valence-corrected chi connectivity index (χ4v) is 6.91. The molecule has 1 saturated carbocycles. The first-order valence-corrected chi connectivity index (χ1v) is 15.2. The van der Waals surface area contributed by atoms with E-state index in [2.05, 4.69) is 38.6 Å². The number of nitrogens with zero attached hydrogens (tertiary/aromatic N) is 3. The number of amides is 1. The third-order valence-electron chi connectivity index (χ3n) is 7.95. The second-order valence-corrected chi connectivity index (χ2v) is 12.0. The number of unbranched alkanes of at least 4 members (excludes halogenated alkanes) is 2. The maximum atomic E-state index is 14.3. The molecular formula is C31H43N3O2S. The van der Waals surface area contributed by atoms with E-state index in [1.165, 1.54) is 23.7 Å². The first-order valence-electron chi connectivity index (χ1n) is 14.2. The zero-order valence-corrected chi connectivity index (χ0v) is 23.8. The standard InChI is InChI=1S/C31H43N3O2S/c1-5-7-18-33(19-8-6-2)26(35)22-37-30-32-28-25-15-11-10-14-24(25)20-31(16-12-9-13-17-31)27(28)29(36)34(30)21-23(3)4/h10-11,14-15H,3,5-9,12-13,16-22H2,1-2,4H3. The van der Waals surface area contributed by atoms with Gasteiger partial charge in [0.05, 0.1) is 17.0 Å². The third-order valence-corrected chi connectivity index (χ3v) is 8.91. The number of rotatable bonds is 11. The molecule has 0 N–H and O–H groups in total. The molecule has 4 rings (SSSR count). The zero-order chi connectivity index (χ0) is 26.4. The third kappa shape index (κ3) is 6.05. The first kappa shape index (κ1) is 27.7. The summed E-state index contributed by atoms with van der Waals surface area (Å²) in [7, 11) is 0. The van der Waals surface area contributed by atoms with Gasteiger partial charge in [-0.05, 0) is 44.6 Å². The molecule has 1 aromatic heterocycles. The highest BCUT2D eigenvalue weighted by atomic mass is 32.2. The Labute approximate surface area is 226 Å². The van der Waals surface area contributed by atoms with E-state index in [9.17, 15) is 9.59 Å². The lowest BCUT2D eigenvalue weighted by Crippen LogP contribution is -2.43. The number of aromatic nitrogens is 2. The summed E-state index contributed by atoms with van der Waals surface area (Å²) in [5, 5.41) is 0.633. The number of hydrogen-bond acceptors (Lipinski definition) is 4. The van der Waals surface area contributed by atoms with Crippen molar-refractivity contribution in [3.05, 3.63) is 57.9 Å². The molecule has 0 atom stereocenters. The number of carbonyl (C=O) groups excluding carboxylic acids is 1. The summed E-state index contributed by atoms with van der Waals surface area (Å²) in [6, 6.07) is 8.44. The van der Waals surface area contributed by atoms with Crippen LogP contribution in [0.5, 0.6) is 0 Å². The van der Waals surface area contributed by atoms with Crippen LogP contribution in [0.2, 0.25) is 0 Å². The maximum Gasteiger partial charge on any atom is 0.258 e. The summed E-state index contributed by atoms with van der Waals surface area (Å²) in [5.74, 6) is 0.423. The minimum absolute atomic E-state index is 0.0631. The van der Waals surface area contributed by atoms with Gasteiger partial charge in [-0.1, -0.05) is 94.1 Å². The van der Waals surface area contributed by atoms with Crippen molar-refractivity contribution in [3.8, 4) is 11.3 Å². The van der Waals surface area contributed by atoms with Crippen LogP contribution in [0.4, 0.5) is 0 Å². The Morgan fingerprint density at radius 2 is 1.78 bits per heavy atom. The van der Waals surface area contributed by atoms with Crippen LogP contribution in [0.15, 0.2) is 46.4 Å². The number of benzene rings is 1.